The van der Waals surface area contributed by atoms with Crippen molar-refractivity contribution >= 4 is 0 Å². The molecule has 10 rings (SSSR count). The van der Waals surface area contributed by atoms with Crippen molar-refractivity contribution in [3.63, 3.8) is 0 Å². The van der Waals surface area contributed by atoms with Gasteiger partial charge in [0.1, 0.15) is 28.2 Å². The molecule has 0 saturated heterocycles. The van der Waals surface area contributed by atoms with Crippen molar-refractivity contribution < 1.29 is 114 Å². The standard InChI is InChI=1S/C40H40N4.4HI/c1-41-17-9-29(10-18-41)37-25-34-7-8-36-28-39(31-13-21-43(3)22-14-31)35(27-40(36)32-15-23-44(4)24-16-32)6-5-33(37)26-38(34)30-11-19-42(2)20-12-30;;;;/h9-28H,5-8H2,1-4H3;4*1H/q+4;;;;/p-4. The summed E-state index contributed by atoms with van der Waals surface area (Å²) in [6, 6.07) is 28.0. The zero-order valence-corrected chi connectivity index (χ0v) is 36.3. The third-order valence-corrected chi connectivity index (χ3v) is 9.14. The molecule has 4 nitrogen and oxygen atoms in total. The Labute approximate surface area is 353 Å². The monoisotopic (exact) mass is 1080 g/mol. The summed E-state index contributed by atoms with van der Waals surface area (Å²) in [5, 5.41) is 0. The molecule has 0 radical (unpaired) electrons. The van der Waals surface area contributed by atoms with Gasteiger partial charge in [0.25, 0.3) is 0 Å². The van der Waals surface area contributed by atoms with Crippen molar-refractivity contribution in [2.45, 2.75) is 25.7 Å². The zero-order chi connectivity index (χ0) is 30.2. The summed E-state index contributed by atoms with van der Waals surface area (Å²) in [5.74, 6) is 0. The molecule has 0 unspecified atom stereocenters. The van der Waals surface area contributed by atoms with E-state index in [4.69, 9.17) is 0 Å². The van der Waals surface area contributed by atoms with Gasteiger partial charge in [-0.3, -0.25) is 0 Å². The Kier molecular flexibility index (Phi) is 14.9. The number of hydrogen-bond donors (Lipinski definition) is 0. The maximum absolute atomic E-state index is 2.49. The van der Waals surface area contributed by atoms with Crippen molar-refractivity contribution in [1.82, 2.24) is 0 Å². The maximum Gasteiger partial charge on any atom is 0.169 e. The van der Waals surface area contributed by atoms with E-state index in [9.17, 15) is 0 Å². The first-order valence-electron chi connectivity index (χ1n) is 15.6. The average molecular weight is 1080 g/mol. The van der Waals surface area contributed by atoms with Gasteiger partial charge >= 0.3 is 0 Å². The molecule has 4 bridgehead atoms. The van der Waals surface area contributed by atoms with Crippen molar-refractivity contribution in [2.75, 3.05) is 0 Å². The number of halogens is 4. The Morgan fingerprint density at radius 1 is 0.312 bits per heavy atom. The van der Waals surface area contributed by atoms with Crippen LogP contribution in [0.3, 0.4) is 0 Å². The minimum Gasteiger partial charge on any atom is -1.00 e. The minimum absolute atomic E-state index is 0. The van der Waals surface area contributed by atoms with E-state index in [1.54, 1.807) is 0 Å². The largest absolute Gasteiger partial charge is 1.00 e. The highest BCUT2D eigenvalue weighted by atomic mass is 127. The van der Waals surface area contributed by atoms with Crippen LogP contribution >= 0.6 is 0 Å². The molecule has 4 heterocycles. The summed E-state index contributed by atoms with van der Waals surface area (Å²) in [6.45, 7) is 0. The summed E-state index contributed by atoms with van der Waals surface area (Å²) in [5.41, 5.74) is 16.1. The van der Waals surface area contributed by atoms with Gasteiger partial charge < -0.3 is 95.9 Å². The lowest BCUT2D eigenvalue weighted by molar-refractivity contribution is -0.671. The summed E-state index contributed by atoms with van der Waals surface area (Å²) >= 11 is 0. The van der Waals surface area contributed by atoms with E-state index >= 15 is 0 Å². The molecule has 2 aromatic carbocycles. The molecule has 48 heavy (non-hydrogen) atoms. The average Bonchev–Trinajstić information content (AvgIpc) is 3.03. The number of rotatable bonds is 4. The first-order chi connectivity index (χ1) is 21.4. The van der Waals surface area contributed by atoms with Crippen LogP contribution in [-0.4, -0.2) is 0 Å². The van der Waals surface area contributed by atoms with Gasteiger partial charge in [0.2, 0.25) is 0 Å². The molecule has 0 N–H and O–H groups in total. The highest BCUT2D eigenvalue weighted by Crippen LogP contribution is 2.38. The second-order valence-electron chi connectivity index (χ2n) is 12.3. The second-order valence-corrected chi connectivity index (χ2v) is 12.3. The van der Waals surface area contributed by atoms with Crippen molar-refractivity contribution in [3.05, 3.63) is 145 Å². The summed E-state index contributed by atoms with van der Waals surface area (Å²) in [6.07, 6.45) is 21.1. The molecule has 4 aliphatic rings. The lowest BCUT2D eigenvalue weighted by Gasteiger charge is -2.22. The van der Waals surface area contributed by atoms with Crippen LogP contribution in [-0.2, 0) is 53.9 Å². The van der Waals surface area contributed by atoms with Crippen molar-refractivity contribution in [1.29, 1.82) is 0 Å². The number of aryl methyl sites for hydroxylation is 8. The van der Waals surface area contributed by atoms with Gasteiger partial charge in [-0.15, -0.1) is 0 Å². The second kappa shape index (κ2) is 17.8. The summed E-state index contributed by atoms with van der Waals surface area (Å²) in [7, 11) is 8.33. The van der Waals surface area contributed by atoms with Crippen molar-refractivity contribution in [2.24, 2.45) is 28.2 Å². The van der Waals surface area contributed by atoms with Gasteiger partial charge in [-0.2, -0.15) is 0 Å². The first-order valence-corrected chi connectivity index (χ1v) is 15.6. The number of pyridine rings is 4. The molecule has 6 aromatic rings. The Balaban J connectivity index is 0.00000156. The normalized spacial score (nSPS) is 11.6. The lowest BCUT2D eigenvalue weighted by atomic mass is 9.82. The highest BCUT2D eigenvalue weighted by Gasteiger charge is 2.20. The molecule has 4 aromatic heterocycles. The molecule has 0 aliphatic heterocycles. The maximum atomic E-state index is 2.49. The Morgan fingerprint density at radius 2 is 0.479 bits per heavy atom. The Bertz CT molecular complexity index is 1680. The molecule has 0 saturated carbocycles. The van der Waals surface area contributed by atoms with E-state index in [2.05, 4.69) is 169 Å². The lowest BCUT2D eigenvalue weighted by Crippen LogP contribution is -3.00. The van der Waals surface area contributed by atoms with Gasteiger partial charge in [-0.05, 0) is 92.4 Å². The van der Waals surface area contributed by atoms with Crippen LogP contribution in [0.25, 0.3) is 44.5 Å². The Morgan fingerprint density at radius 3 is 0.646 bits per heavy atom. The fourth-order valence-electron chi connectivity index (χ4n) is 6.54. The minimum atomic E-state index is 0. The van der Waals surface area contributed by atoms with Gasteiger partial charge in [-0.1, -0.05) is 24.3 Å². The van der Waals surface area contributed by atoms with Crippen LogP contribution in [0, 0.1) is 0 Å². The number of benzene rings is 2. The van der Waals surface area contributed by atoms with E-state index in [-0.39, 0.29) is 95.9 Å². The molecule has 8 heteroatoms. The molecule has 248 valence electrons. The predicted octanol–water partition coefficient (Wildman–Crippen LogP) is -6.45. The molecule has 0 fully saturated rings. The third kappa shape index (κ3) is 8.81. The van der Waals surface area contributed by atoms with E-state index in [1.807, 2.05) is 0 Å². The topological polar surface area (TPSA) is 15.5 Å². The van der Waals surface area contributed by atoms with Gasteiger partial charge in [-0.25, -0.2) is 18.3 Å². The smallest absolute Gasteiger partial charge is 0.169 e. The van der Waals surface area contributed by atoms with Crippen LogP contribution < -0.4 is 114 Å². The number of aromatic nitrogens is 4. The van der Waals surface area contributed by atoms with E-state index in [0.29, 0.717) is 0 Å². The zero-order valence-electron chi connectivity index (χ0n) is 27.7. The molecule has 0 atom stereocenters. The molecule has 4 aliphatic carbocycles. The number of nitrogens with zero attached hydrogens (tertiary/aromatic N) is 4. The van der Waals surface area contributed by atoms with E-state index in [0.717, 1.165) is 25.7 Å². The predicted molar refractivity (Wildman–Crippen MR) is 174 cm³/mol. The van der Waals surface area contributed by atoms with Crippen LogP contribution in [0.15, 0.2) is 122 Å². The van der Waals surface area contributed by atoms with Gasteiger partial charge in [0.15, 0.2) is 49.6 Å². The molecule has 0 amide bonds. The highest BCUT2D eigenvalue weighted by molar-refractivity contribution is 5.79. The van der Waals surface area contributed by atoms with Crippen LogP contribution in [0.1, 0.15) is 22.3 Å². The summed E-state index contributed by atoms with van der Waals surface area (Å²) < 4.78 is 8.44. The fourth-order valence-corrected chi connectivity index (χ4v) is 6.54. The fraction of sp³-hybridized carbons (Fsp3) is 0.200. The van der Waals surface area contributed by atoms with E-state index < -0.39 is 0 Å². The van der Waals surface area contributed by atoms with Crippen LogP contribution in [0.2, 0.25) is 0 Å². The molecular weight excluding hydrogens is 1040 g/mol. The molecule has 0 spiro atoms. The molecular formula is C40H40I4N4. The van der Waals surface area contributed by atoms with Crippen molar-refractivity contribution in [3.8, 4) is 44.5 Å². The number of hydrogen-bond acceptors (Lipinski definition) is 0. The summed E-state index contributed by atoms with van der Waals surface area (Å²) in [4.78, 5) is 0. The Hall–Kier alpha value is -2.04. The van der Waals surface area contributed by atoms with Gasteiger partial charge in [0.05, 0.1) is 0 Å². The SMILES string of the molecule is C[n+]1ccc(-c2cc3c(-c4cc[n+](C)cc4)cc2CCc2cc(-c4cc[n+](C)cc4)c(cc2-c2cc[n+](C)cc2)CC3)cc1.[I-].[I-].[I-].[I-]. The van der Waals surface area contributed by atoms with Crippen LogP contribution in [0.5, 0.6) is 0 Å². The van der Waals surface area contributed by atoms with Gasteiger partial charge in [0, 0.05) is 48.5 Å². The quantitative estimate of drug-likeness (QED) is 0.124. The third-order valence-electron chi connectivity index (χ3n) is 9.14. The first kappa shape index (κ1) is 40.4. The van der Waals surface area contributed by atoms with E-state index in [1.165, 1.54) is 66.8 Å². The van der Waals surface area contributed by atoms with Crippen LogP contribution in [0.4, 0.5) is 0 Å².